The van der Waals surface area contributed by atoms with Crippen molar-refractivity contribution in [1.82, 2.24) is 0 Å². The van der Waals surface area contributed by atoms with E-state index in [0.29, 0.717) is 16.4 Å². The second-order valence-corrected chi connectivity index (χ2v) is 6.36. The molecule has 1 atom stereocenters. The van der Waals surface area contributed by atoms with Crippen molar-refractivity contribution in [1.29, 1.82) is 5.26 Å². The maximum atomic E-state index is 11.8. The molecule has 0 bridgehead atoms. The number of nitriles is 1. The van der Waals surface area contributed by atoms with Gasteiger partial charge in [-0.2, -0.15) is 5.26 Å². The Morgan fingerprint density at radius 2 is 2.06 bits per heavy atom. The number of sulfonamides is 1. The molecule has 0 aromatic heterocycles. The summed E-state index contributed by atoms with van der Waals surface area (Å²) in [5.41, 5.74) is 0.919. The largest absolute Gasteiger partial charge is 0.375 e. The number of nitrogens with one attached hydrogen (secondary N) is 1. The molecule has 0 heterocycles. The molecular formula is C11H14ClN3O2S. The molecule has 0 aliphatic heterocycles. The number of nitrogens with zero attached hydrogens (tertiary/aromatic N) is 2. The number of para-hydroxylation sites is 1. The Labute approximate surface area is 112 Å². The predicted octanol–water partition coefficient (Wildman–Crippen LogP) is 2.06. The van der Waals surface area contributed by atoms with Crippen molar-refractivity contribution in [2.45, 2.75) is 12.2 Å². The lowest BCUT2D eigenvalue weighted by molar-refractivity contribution is 0.597. The van der Waals surface area contributed by atoms with Gasteiger partial charge in [-0.3, -0.25) is 4.72 Å². The van der Waals surface area contributed by atoms with Gasteiger partial charge in [0.1, 0.15) is 0 Å². The van der Waals surface area contributed by atoms with Crippen molar-refractivity contribution in [3.63, 3.8) is 0 Å². The Bertz CT molecular complexity index is 578. The second kappa shape index (κ2) is 5.46. The topological polar surface area (TPSA) is 73.2 Å². The molecule has 0 aliphatic rings. The van der Waals surface area contributed by atoms with Crippen LogP contribution >= 0.6 is 11.6 Å². The van der Waals surface area contributed by atoms with Gasteiger partial charge in [-0.15, -0.1) is 0 Å². The predicted molar refractivity (Wildman–Crippen MR) is 73.4 cm³/mol. The Morgan fingerprint density at radius 3 is 2.56 bits per heavy atom. The zero-order valence-corrected chi connectivity index (χ0v) is 11.9. The Hall–Kier alpha value is -1.45. The molecule has 0 unspecified atom stereocenters. The fourth-order valence-corrected chi connectivity index (χ4v) is 2.49. The first-order chi connectivity index (χ1) is 8.29. The Morgan fingerprint density at radius 1 is 1.44 bits per heavy atom. The third kappa shape index (κ3) is 3.06. The summed E-state index contributed by atoms with van der Waals surface area (Å²) in [6.07, 6.45) is 0. The van der Waals surface area contributed by atoms with Crippen LogP contribution < -0.4 is 9.62 Å². The third-order valence-electron chi connectivity index (χ3n) is 2.33. The molecule has 0 amide bonds. The normalized spacial score (nSPS) is 12.6. The average Bonchev–Trinajstić information content (AvgIpc) is 2.26. The molecule has 18 heavy (non-hydrogen) atoms. The van der Waals surface area contributed by atoms with Crippen LogP contribution in [0.5, 0.6) is 0 Å². The van der Waals surface area contributed by atoms with E-state index < -0.39 is 15.3 Å². The smallest absolute Gasteiger partial charge is 0.248 e. The van der Waals surface area contributed by atoms with E-state index in [1.807, 2.05) is 0 Å². The molecule has 5 nitrogen and oxygen atoms in total. The Balaban J connectivity index is 3.22. The highest BCUT2D eigenvalue weighted by molar-refractivity contribution is 7.93. The molecule has 0 saturated carbocycles. The monoisotopic (exact) mass is 287 g/mol. The molecule has 0 fully saturated rings. The lowest BCUT2D eigenvalue weighted by Crippen LogP contribution is -2.25. The highest BCUT2D eigenvalue weighted by Crippen LogP contribution is 2.33. The first-order valence-corrected chi connectivity index (χ1v) is 7.09. The Kier molecular flexibility index (Phi) is 4.43. The van der Waals surface area contributed by atoms with Gasteiger partial charge in [-0.1, -0.05) is 17.7 Å². The zero-order valence-electron chi connectivity index (χ0n) is 10.3. The summed E-state index contributed by atoms with van der Waals surface area (Å²) in [6, 6.07) is 6.60. The maximum Gasteiger partial charge on any atom is 0.248 e. The van der Waals surface area contributed by atoms with Crippen molar-refractivity contribution in [3.8, 4) is 6.07 Å². The van der Waals surface area contributed by atoms with E-state index >= 15 is 0 Å². The van der Waals surface area contributed by atoms with Gasteiger partial charge >= 0.3 is 0 Å². The first kappa shape index (κ1) is 14.6. The third-order valence-corrected chi connectivity index (χ3v) is 4.18. The lowest BCUT2D eigenvalue weighted by atomic mass is 10.2. The van der Waals surface area contributed by atoms with Crippen LogP contribution in [-0.4, -0.2) is 27.8 Å². The fraction of sp³-hybridized carbons (Fsp3) is 0.364. The maximum absolute atomic E-state index is 11.8. The number of hydrogen-bond acceptors (Lipinski definition) is 4. The van der Waals surface area contributed by atoms with E-state index in [9.17, 15) is 8.42 Å². The number of benzene rings is 1. The van der Waals surface area contributed by atoms with Crippen LogP contribution in [0.3, 0.4) is 0 Å². The minimum absolute atomic E-state index is 0.356. The van der Waals surface area contributed by atoms with Gasteiger partial charge in [0, 0.05) is 14.1 Å². The fourth-order valence-electron chi connectivity index (χ4n) is 1.36. The standard InChI is InChI=1S/C11H14ClN3O2S/c1-8(7-13)18(16,17)14-10-6-4-5-9(12)11(10)15(2)3/h4-6,8,14H,1-3H3/t8-/m0/s1. The van der Waals surface area contributed by atoms with E-state index in [1.165, 1.54) is 6.92 Å². The van der Waals surface area contributed by atoms with Crippen molar-refractivity contribution in [3.05, 3.63) is 23.2 Å². The minimum Gasteiger partial charge on any atom is -0.375 e. The summed E-state index contributed by atoms with van der Waals surface area (Å²) in [4.78, 5) is 1.71. The number of halogens is 1. The van der Waals surface area contributed by atoms with Crippen LogP contribution in [0.4, 0.5) is 11.4 Å². The van der Waals surface area contributed by atoms with Crippen LogP contribution in [0.15, 0.2) is 18.2 Å². The molecular weight excluding hydrogens is 274 g/mol. The van der Waals surface area contributed by atoms with Crippen molar-refractivity contribution in [2.75, 3.05) is 23.7 Å². The van der Waals surface area contributed by atoms with Crippen LogP contribution in [0.1, 0.15) is 6.92 Å². The highest BCUT2D eigenvalue weighted by Gasteiger charge is 2.22. The van der Waals surface area contributed by atoms with Crippen LogP contribution in [0, 0.1) is 11.3 Å². The SMILES string of the molecule is C[C@@H](C#N)S(=O)(=O)Nc1cccc(Cl)c1N(C)C. The minimum atomic E-state index is -3.73. The van der Waals surface area contributed by atoms with Gasteiger partial charge in [0.25, 0.3) is 0 Å². The molecule has 0 spiro atoms. The van der Waals surface area contributed by atoms with Gasteiger partial charge < -0.3 is 4.90 Å². The molecule has 1 aromatic rings. The van der Waals surface area contributed by atoms with E-state index in [-0.39, 0.29) is 0 Å². The summed E-state index contributed by atoms with van der Waals surface area (Å²) in [5, 5.41) is 7.98. The van der Waals surface area contributed by atoms with E-state index in [0.717, 1.165) is 0 Å². The van der Waals surface area contributed by atoms with E-state index in [2.05, 4.69) is 4.72 Å². The first-order valence-electron chi connectivity index (χ1n) is 5.16. The lowest BCUT2D eigenvalue weighted by Gasteiger charge is -2.20. The van der Waals surface area contributed by atoms with E-state index in [4.69, 9.17) is 16.9 Å². The molecule has 0 aliphatic carbocycles. The van der Waals surface area contributed by atoms with Gasteiger partial charge in [0.2, 0.25) is 10.0 Å². The summed E-state index contributed by atoms with van der Waals surface area (Å²) in [6.45, 7) is 1.32. The van der Waals surface area contributed by atoms with Crippen LogP contribution in [-0.2, 0) is 10.0 Å². The summed E-state index contributed by atoms with van der Waals surface area (Å²) >= 11 is 6.03. The van der Waals surface area contributed by atoms with Gasteiger partial charge in [0.15, 0.2) is 5.25 Å². The van der Waals surface area contributed by atoms with Gasteiger partial charge in [0.05, 0.1) is 22.5 Å². The van der Waals surface area contributed by atoms with Crippen LogP contribution in [0.25, 0.3) is 0 Å². The number of hydrogen-bond donors (Lipinski definition) is 1. The molecule has 0 saturated heterocycles. The highest BCUT2D eigenvalue weighted by atomic mass is 35.5. The summed E-state index contributed by atoms with van der Waals surface area (Å²) in [7, 11) is -0.219. The van der Waals surface area contributed by atoms with Crippen LogP contribution in [0.2, 0.25) is 5.02 Å². The molecule has 1 N–H and O–H groups in total. The molecule has 98 valence electrons. The van der Waals surface area contributed by atoms with Crippen molar-refractivity contribution >= 4 is 33.0 Å². The van der Waals surface area contributed by atoms with Crippen molar-refractivity contribution < 1.29 is 8.42 Å². The van der Waals surface area contributed by atoms with Gasteiger partial charge in [-0.25, -0.2) is 8.42 Å². The summed E-state index contributed by atoms with van der Waals surface area (Å²) < 4.78 is 26.0. The average molecular weight is 288 g/mol. The number of anilines is 2. The molecule has 1 rings (SSSR count). The zero-order chi connectivity index (χ0) is 13.9. The molecule has 1 aromatic carbocycles. The van der Waals surface area contributed by atoms with Gasteiger partial charge in [-0.05, 0) is 19.1 Å². The molecule has 0 radical (unpaired) electrons. The van der Waals surface area contributed by atoms with Crippen molar-refractivity contribution in [2.24, 2.45) is 0 Å². The quantitative estimate of drug-likeness (QED) is 0.920. The number of rotatable bonds is 4. The summed E-state index contributed by atoms with van der Waals surface area (Å²) in [5.74, 6) is 0. The second-order valence-electron chi connectivity index (χ2n) is 3.95. The molecule has 7 heteroatoms. The van der Waals surface area contributed by atoms with E-state index in [1.54, 1.807) is 43.3 Å².